The summed E-state index contributed by atoms with van der Waals surface area (Å²) in [5.41, 5.74) is 5.60. The van der Waals surface area contributed by atoms with E-state index >= 15 is 0 Å². The van der Waals surface area contributed by atoms with Crippen molar-refractivity contribution in [2.75, 3.05) is 0 Å². The first-order chi connectivity index (χ1) is 7.17. The molecule has 3 atom stereocenters. The quantitative estimate of drug-likeness (QED) is 0.441. The lowest BCUT2D eigenvalue weighted by Gasteiger charge is -2.23. The number of alkyl halides is 1. The number of hydrogen-bond acceptors (Lipinski definition) is 1. The number of nitrogens with zero attached hydrogens (tertiary/aromatic N) is 1. The minimum atomic E-state index is -1.05. The van der Waals surface area contributed by atoms with Gasteiger partial charge in [-0.05, 0) is 27.7 Å². The highest BCUT2D eigenvalue weighted by atomic mass is 19.1. The molecule has 4 heteroatoms. The monoisotopic (exact) mass is 229 g/mol. The second-order valence-corrected chi connectivity index (χ2v) is 5.17. The minimum Gasteiger partial charge on any atom is -0.370 e. The average Bonchev–Trinajstić information content (AvgIpc) is 2.12. The molecule has 0 radical (unpaired) electrons. The summed E-state index contributed by atoms with van der Waals surface area (Å²) in [4.78, 5) is 4.23. The van der Waals surface area contributed by atoms with E-state index in [1.807, 2.05) is 27.7 Å². The van der Waals surface area contributed by atoms with E-state index in [4.69, 9.17) is 5.73 Å². The SMILES string of the molecule is C=CC(F)[C@H](C)[C@H](C)N=C(N)NC(C)(C)C. The Labute approximate surface area is 98.0 Å². The summed E-state index contributed by atoms with van der Waals surface area (Å²) in [6.45, 7) is 13.0. The first-order valence-electron chi connectivity index (χ1n) is 5.55. The Bertz CT molecular complexity index is 255. The third-order valence-electron chi connectivity index (χ3n) is 2.33. The van der Waals surface area contributed by atoms with Gasteiger partial charge in [0.1, 0.15) is 6.17 Å². The number of nitrogens with one attached hydrogen (secondary N) is 1. The number of guanidine groups is 1. The molecule has 1 unspecified atom stereocenters. The Morgan fingerprint density at radius 3 is 2.31 bits per heavy atom. The lowest BCUT2D eigenvalue weighted by molar-refractivity contribution is 0.270. The second kappa shape index (κ2) is 5.87. The Morgan fingerprint density at radius 1 is 1.44 bits per heavy atom. The molecular weight excluding hydrogens is 205 g/mol. The fraction of sp³-hybridized carbons (Fsp3) is 0.750. The molecule has 0 heterocycles. The summed E-state index contributed by atoms with van der Waals surface area (Å²) in [6.07, 6.45) is 0.241. The molecule has 0 fully saturated rings. The van der Waals surface area contributed by atoms with Crippen LogP contribution in [0, 0.1) is 5.92 Å². The summed E-state index contributed by atoms with van der Waals surface area (Å²) in [6, 6.07) is -0.178. The van der Waals surface area contributed by atoms with E-state index in [0.29, 0.717) is 5.96 Å². The average molecular weight is 229 g/mol. The van der Waals surface area contributed by atoms with Crippen LogP contribution in [-0.2, 0) is 0 Å². The lowest BCUT2D eigenvalue weighted by Crippen LogP contribution is -2.45. The van der Waals surface area contributed by atoms with Gasteiger partial charge in [0, 0.05) is 11.5 Å². The van der Waals surface area contributed by atoms with Crippen LogP contribution < -0.4 is 11.1 Å². The molecule has 0 rings (SSSR count). The van der Waals surface area contributed by atoms with E-state index in [-0.39, 0.29) is 17.5 Å². The highest BCUT2D eigenvalue weighted by Crippen LogP contribution is 2.15. The van der Waals surface area contributed by atoms with Crippen molar-refractivity contribution in [3.8, 4) is 0 Å². The molecule has 0 aromatic carbocycles. The van der Waals surface area contributed by atoms with Gasteiger partial charge in [-0.1, -0.05) is 13.0 Å². The molecule has 0 aromatic rings. The molecule has 0 spiro atoms. The number of nitrogens with two attached hydrogens (primary N) is 1. The maximum absolute atomic E-state index is 13.3. The predicted octanol–water partition coefficient (Wildman–Crippen LogP) is 2.24. The molecule has 0 saturated carbocycles. The van der Waals surface area contributed by atoms with Gasteiger partial charge < -0.3 is 11.1 Å². The Morgan fingerprint density at radius 2 is 1.94 bits per heavy atom. The van der Waals surface area contributed by atoms with Gasteiger partial charge in [-0.3, -0.25) is 4.99 Å². The fourth-order valence-corrected chi connectivity index (χ4v) is 1.23. The fourth-order valence-electron chi connectivity index (χ4n) is 1.23. The molecule has 0 aliphatic carbocycles. The summed E-state index contributed by atoms with van der Waals surface area (Å²) in [5, 5.41) is 3.04. The first kappa shape index (κ1) is 14.9. The van der Waals surface area contributed by atoms with E-state index in [0.717, 1.165) is 0 Å². The van der Waals surface area contributed by atoms with Crippen LogP contribution in [0.1, 0.15) is 34.6 Å². The molecule has 0 aliphatic heterocycles. The second-order valence-electron chi connectivity index (χ2n) is 5.17. The predicted molar refractivity (Wildman–Crippen MR) is 68.2 cm³/mol. The van der Waals surface area contributed by atoms with Gasteiger partial charge in [0.2, 0.25) is 0 Å². The highest BCUT2D eigenvalue weighted by molar-refractivity contribution is 5.78. The Kier molecular flexibility index (Phi) is 5.48. The van der Waals surface area contributed by atoms with Crippen molar-refractivity contribution >= 4 is 5.96 Å². The van der Waals surface area contributed by atoms with Crippen molar-refractivity contribution in [1.29, 1.82) is 0 Å². The third kappa shape index (κ3) is 5.73. The van der Waals surface area contributed by atoms with Gasteiger partial charge in [0.05, 0.1) is 6.04 Å². The zero-order chi connectivity index (χ0) is 12.9. The maximum atomic E-state index is 13.3. The van der Waals surface area contributed by atoms with Gasteiger partial charge in [-0.2, -0.15) is 0 Å². The zero-order valence-electron chi connectivity index (χ0n) is 10.9. The number of hydrogen-bond donors (Lipinski definition) is 2. The van der Waals surface area contributed by atoms with Gasteiger partial charge in [0.15, 0.2) is 5.96 Å². The van der Waals surface area contributed by atoms with Crippen LogP contribution in [0.4, 0.5) is 4.39 Å². The van der Waals surface area contributed by atoms with E-state index in [1.165, 1.54) is 6.08 Å². The normalized spacial score (nSPS) is 18.8. The molecule has 94 valence electrons. The lowest BCUT2D eigenvalue weighted by atomic mass is 9.99. The van der Waals surface area contributed by atoms with Crippen LogP contribution in [0.15, 0.2) is 17.6 Å². The van der Waals surface area contributed by atoms with Crippen LogP contribution in [0.3, 0.4) is 0 Å². The van der Waals surface area contributed by atoms with Crippen molar-refractivity contribution in [3.05, 3.63) is 12.7 Å². The minimum absolute atomic E-state index is 0.135. The van der Waals surface area contributed by atoms with E-state index < -0.39 is 6.17 Å². The Balaban J connectivity index is 4.46. The summed E-state index contributed by atoms with van der Waals surface area (Å²) in [5.74, 6) is 0.126. The maximum Gasteiger partial charge on any atom is 0.189 e. The summed E-state index contributed by atoms with van der Waals surface area (Å²) < 4.78 is 13.3. The zero-order valence-corrected chi connectivity index (χ0v) is 10.9. The molecule has 0 saturated heterocycles. The first-order valence-corrected chi connectivity index (χ1v) is 5.55. The Hall–Kier alpha value is -1.06. The van der Waals surface area contributed by atoms with Crippen molar-refractivity contribution in [1.82, 2.24) is 5.32 Å². The highest BCUT2D eigenvalue weighted by Gasteiger charge is 2.20. The topological polar surface area (TPSA) is 50.4 Å². The molecule has 0 amide bonds. The van der Waals surface area contributed by atoms with Gasteiger partial charge in [0.25, 0.3) is 0 Å². The largest absolute Gasteiger partial charge is 0.370 e. The number of allylic oxidation sites excluding steroid dienone is 1. The molecule has 3 nitrogen and oxygen atoms in total. The van der Waals surface area contributed by atoms with Crippen molar-refractivity contribution < 1.29 is 4.39 Å². The molecular formula is C12H24FN3. The van der Waals surface area contributed by atoms with Crippen LogP contribution in [0.2, 0.25) is 0 Å². The number of halogens is 1. The van der Waals surface area contributed by atoms with Crippen molar-refractivity contribution in [2.45, 2.75) is 52.4 Å². The van der Waals surface area contributed by atoms with Gasteiger partial charge >= 0.3 is 0 Å². The van der Waals surface area contributed by atoms with Crippen LogP contribution in [0.5, 0.6) is 0 Å². The van der Waals surface area contributed by atoms with Crippen molar-refractivity contribution in [2.24, 2.45) is 16.6 Å². The van der Waals surface area contributed by atoms with Gasteiger partial charge in [-0.25, -0.2) is 4.39 Å². The molecule has 0 aromatic heterocycles. The van der Waals surface area contributed by atoms with Crippen LogP contribution in [-0.4, -0.2) is 23.7 Å². The number of aliphatic imine (C=N–C) groups is 1. The molecule has 3 N–H and O–H groups in total. The standard InChI is InChI=1S/C12H24FN3/c1-7-10(13)8(2)9(3)15-11(14)16-12(4,5)6/h7-10H,1H2,2-6H3,(H3,14,15,16)/t8-,9+,10?/m1/s1. The van der Waals surface area contributed by atoms with E-state index in [2.05, 4.69) is 16.9 Å². The van der Waals surface area contributed by atoms with Crippen LogP contribution in [0.25, 0.3) is 0 Å². The van der Waals surface area contributed by atoms with Crippen LogP contribution >= 0.6 is 0 Å². The summed E-state index contributed by atoms with van der Waals surface area (Å²) in [7, 11) is 0. The molecule has 16 heavy (non-hydrogen) atoms. The molecule has 0 aliphatic rings. The van der Waals surface area contributed by atoms with E-state index in [9.17, 15) is 4.39 Å². The number of rotatable bonds is 4. The third-order valence-corrected chi connectivity index (χ3v) is 2.33. The van der Waals surface area contributed by atoms with E-state index in [1.54, 1.807) is 6.92 Å². The summed E-state index contributed by atoms with van der Waals surface area (Å²) >= 11 is 0. The van der Waals surface area contributed by atoms with Crippen molar-refractivity contribution in [3.63, 3.8) is 0 Å². The van der Waals surface area contributed by atoms with Gasteiger partial charge in [-0.15, -0.1) is 6.58 Å². The smallest absolute Gasteiger partial charge is 0.189 e. The molecule has 0 bridgehead atoms.